The molecule has 1 aromatic carbocycles. The highest BCUT2D eigenvalue weighted by atomic mass is 16.2. The van der Waals surface area contributed by atoms with Gasteiger partial charge in [-0.1, -0.05) is 36.4 Å². The Balaban J connectivity index is 1.41. The number of nitrogens with zero attached hydrogens (tertiary/aromatic N) is 2. The van der Waals surface area contributed by atoms with Crippen LogP contribution >= 0.6 is 0 Å². The van der Waals surface area contributed by atoms with Gasteiger partial charge in [0.1, 0.15) is 11.9 Å². The number of nitrogens with one attached hydrogen (secondary N) is 2. The number of hydrogen-bond donors (Lipinski definition) is 3. The van der Waals surface area contributed by atoms with Gasteiger partial charge in [0.25, 0.3) is 0 Å². The zero-order valence-electron chi connectivity index (χ0n) is 16.4. The van der Waals surface area contributed by atoms with Gasteiger partial charge in [0, 0.05) is 25.2 Å². The van der Waals surface area contributed by atoms with Crippen molar-refractivity contribution in [3.05, 3.63) is 59.8 Å². The van der Waals surface area contributed by atoms with Gasteiger partial charge in [-0.25, -0.2) is 4.98 Å². The molecule has 2 fully saturated rings. The SMILES string of the molecule is Nc1ccc(CNC(=O)[C@@H]2CCCN2C(=O)[C@@H]2NCC[C@H]2c2ccccc2)cn1. The molecule has 4 rings (SSSR count). The molecule has 29 heavy (non-hydrogen) atoms. The lowest BCUT2D eigenvalue weighted by molar-refractivity contribution is -0.140. The molecule has 4 N–H and O–H groups in total. The van der Waals surface area contributed by atoms with Gasteiger partial charge in [0.05, 0.1) is 6.04 Å². The van der Waals surface area contributed by atoms with E-state index < -0.39 is 6.04 Å². The van der Waals surface area contributed by atoms with Gasteiger partial charge in [-0.15, -0.1) is 0 Å². The van der Waals surface area contributed by atoms with Crippen molar-refractivity contribution in [3.8, 4) is 0 Å². The van der Waals surface area contributed by atoms with Crippen molar-refractivity contribution in [1.82, 2.24) is 20.5 Å². The lowest BCUT2D eigenvalue weighted by Crippen LogP contribution is -2.52. The lowest BCUT2D eigenvalue weighted by atomic mass is 9.91. The number of rotatable bonds is 5. The van der Waals surface area contributed by atoms with Crippen LogP contribution in [0.15, 0.2) is 48.7 Å². The molecule has 7 nitrogen and oxygen atoms in total. The summed E-state index contributed by atoms with van der Waals surface area (Å²) in [6.07, 6.45) is 4.12. The smallest absolute Gasteiger partial charge is 0.243 e. The second-order valence-electron chi connectivity index (χ2n) is 7.74. The van der Waals surface area contributed by atoms with Gasteiger partial charge < -0.3 is 21.3 Å². The quantitative estimate of drug-likeness (QED) is 0.713. The van der Waals surface area contributed by atoms with Crippen molar-refractivity contribution in [2.45, 2.75) is 43.8 Å². The first-order valence-electron chi connectivity index (χ1n) is 10.2. The molecule has 3 atom stereocenters. The van der Waals surface area contributed by atoms with E-state index in [9.17, 15) is 9.59 Å². The Morgan fingerprint density at radius 1 is 1.17 bits per heavy atom. The van der Waals surface area contributed by atoms with Crippen LogP contribution in [0, 0.1) is 0 Å². The molecule has 0 bridgehead atoms. The topological polar surface area (TPSA) is 100 Å². The summed E-state index contributed by atoms with van der Waals surface area (Å²) in [4.78, 5) is 31.9. The van der Waals surface area contributed by atoms with Gasteiger partial charge in [0.2, 0.25) is 11.8 Å². The molecule has 2 aromatic rings. The fraction of sp³-hybridized carbons (Fsp3) is 0.409. The van der Waals surface area contributed by atoms with Crippen LogP contribution in [0.25, 0.3) is 0 Å². The molecule has 2 aliphatic heterocycles. The Kier molecular flexibility index (Phi) is 5.76. The average Bonchev–Trinajstić information content (AvgIpc) is 3.43. The summed E-state index contributed by atoms with van der Waals surface area (Å²) in [5, 5.41) is 6.31. The molecular formula is C22H27N5O2. The second kappa shape index (κ2) is 8.61. The normalized spacial score (nSPS) is 23.9. The number of likely N-dealkylation sites (tertiary alicyclic amines) is 1. The minimum absolute atomic E-state index is 0.0307. The largest absolute Gasteiger partial charge is 0.384 e. The predicted octanol–water partition coefficient (Wildman–Crippen LogP) is 1.42. The van der Waals surface area contributed by atoms with E-state index >= 15 is 0 Å². The van der Waals surface area contributed by atoms with Crippen LogP contribution in [0.2, 0.25) is 0 Å². The highest BCUT2D eigenvalue weighted by Crippen LogP contribution is 2.30. The minimum Gasteiger partial charge on any atom is -0.384 e. The molecular weight excluding hydrogens is 366 g/mol. The van der Waals surface area contributed by atoms with Crippen LogP contribution in [0.4, 0.5) is 5.82 Å². The first-order valence-corrected chi connectivity index (χ1v) is 10.2. The van der Waals surface area contributed by atoms with Crippen molar-refractivity contribution in [1.29, 1.82) is 0 Å². The Labute approximate surface area is 170 Å². The van der Waals surface area contributed by atoms with E-state index in [1.54, 1.807) is 17.2 Å². The number of hydrogen-bond acceptors (Lipinski definition) is 5. The third-order valence-electron chi connectivity index (χ3n) is 5.87. The van der Waals surface area contributed by atoms with Crippen molar-refractivity contribution in [2.75, 3.05) is 18.8 Å². The number of carbonyl (C=O) groups is 2. The molecule has 0 radical (unpaired) electrons. The van der Waals surface area contributed by atoms with E-state index in [0.717, 1.165) is 24.9 Å². The summed E-state index contributed by atoms with van der Waals surface area (Å²) >= 11 is 0. The summed E-state index contributed by atoms with van der Waals surface area (Å²) < 4.78 is 0. The van der Waals surface area contributed by atoms with Crippen LogP contribution in [0.3, 0.4) is 0 Å². The molecule has 1 aromatic heterocycles. The number of amides is 2. The second-order valence-corrected chi connectivity index (χ2v) is 7.74. The van der Waals surface area contributed by atoms with Crippen LogP contribution in [-0.2, 0) is 16.1 Å². The van der Waals surface area contributed by atoms with Crippen LogP contribution < -0.4 is 16.4 Å². The molecule has 2 amide bonds. The standard InChI is InChI=1S/C22H27N5O2/c23-19-9-8-15(13-25-19)14-26-21(28)18-7-4-12-27(18)22(29)20-17(10-11-24-20)16-5-2-1-3-6-16/h1-3,5-6,8-9,13,17-18,20,24H,4,7,10-12,14H2,(H2,23,25)(H,26,28)/t17-,18-,20+/m0/s1. The molecule has 0 unspecified atom stereocenters. The van der Waals surface area contributed by atoms with E-state index in [1.165, 1.54) is 5.56 Å². The first-order chi connectivity index (χ1) is 14.1. The fourth-order valence-corrected chi connectivity index (χ4v) is 4.35. The molecule has 7 heteroatoms. The van der Waals surface area contributed by atoms with E-state index in [2.05, 4.69) is 27.8 Å². The maximum Gasteiger partial charge on any atom is 0.243 e. The number of nitrogen functional groups attached to an aromatic ring is 1. The van der Waals surface area contributed by atoms with E-state index in [0.29, 0.717) is 25.3 Å². The third kappa shape index (κ3) is 4.24. The summed E-state index contributed by atoms with van der Waals surface area (Å²) in [6, 6.07) is 13.0. The molecule has 0 aliphatic carbocycles. The van der Waals surface area contributed by atoms with Gasteiger partial charge >= 0.3 is 0 Å². The van der Waals surface area contributed by atoms with Crippen molar-refractivity contribution < 1.29 is 9.59 Å². The molecule has 2 aliphatic rings. The van der Waals surface area contributed by atoms with Crippen molar-refractivity contribution >= 4 is 17.6 Å². The van der Waals surface area contributed by atoms with Crippen LogP contribution in [0.5, 0.6) is 0 Å². The maximum absolute atomic E-state index is 13.3. The maximum atomic E-state index is 13.3. The van der Waals surface area contributed by atoms with E-state index in [1.807, 2.05) is 24.3 Å². The van der Waals surface area contributed by atoms with Crippen LogP contribution in [0.1, 0.15) is 36.3 Å². The first kappa shape index (κ1) is 19.4. The fourth-order valence-electron chi connectivity index (χ4n) is 4.35. The van der Waals surface area contributed by atoms with Crippen molar-refractivity contribution in [2.24, 2.45) is 0 Å². The Morgan fingerprint density at radius 3 is 2.76 bits per heavy atom. The van der Waals surface area contributed by atoms with Crippen LogP contribution in [-0.4, -0.2) is 46.9 Å². The van der Waals surface area contributed by atoms with Gasteiger partial charge in [-0.3, -0.25) is 9.59 Å². The monoisotopic (exact) mass is 393 g/mol. The lowest BCUT2D eigenvalue weighted by Gasteiger charge is -2.29. The Morgan fingerprint density at radius 2 is 2.00 bits per heavy atom. The summed E-state index contributed by atoms with van der Waals surface area (Å²) in [7, 11) is 0. The number of pyridine rings is 1. The molecule has 0 spiro atoms. The van der Waals surface area contributed by atoms with E-state index in [-0.39, 0.29) is 23.8 Å². The zero-order valence-corrected chi connectivity index (χ0v) is 16.4. The van der Waals surface area contributed by atoms with Gasteiger partial charge in [-0.2, -0.15) is 0 Å². The highest BCUT2D eigenvalue weighted by molar-refractivity contribution is 5.91. The van der Waals surface area contributed by atoms with Crippen molar-refractivity contribution in [3.63, 3.8) is 0 Å². The molecule has 3 heterocycles. The number of anilines is 1. The number of aromatic nitrogens is 1. The molecule has 152 valence electrons. The van der Waals surface area contributed by atoms with Gasteiger partial charge in [-0.05, 0) is 43.0 Å². The highest BCUT2D eigenvalue weighted by Gasteiger charge is 2.41. The molecule has 2 saturated heterocycles. The summed E-state index contributed by atoms with van der Waals surface area (Å²) in [5.74, 6) is 0.517. The third-order valence-corrected chi connectivity index (χ3v) is 5.87. The Bertz CT molecular complexity index is 855. The average molecular weight is 393 g/mol. The number of carbonyl (C=O) groups excluding carboxylic acids is 2. The van der Waals surface area contributed by atoms with E-state index in [4.69, 9.17) is 5.73 Å². The predicted molar refractivity (Wildman–Crippen MR) is 111 cm³/mol. The molecule has 0 saturated carbocycles. The summed E-state index contributed by atoms with van der Waals surface area (Å²) in [6.45, 7) is 1.81. The minimum atomic E-state index is -0.414. The zero-order chi connectivity index (χ0) is 20.2. The number of nitrogens with two attached hydrogens (primary N) is 1. The van der Waals surface area contributed by atoms with Gasteiger partial charge in [0.15, 0.2) is 0 Å². The number of benzene rings is 1. The Hall–Kier alpha value is -2.93. The summed E-state index contributed by atoms with van der Waals surface area (Å²) in [5.41, 5.74) is 7.65.